The summed E-state index contributed by atoms with van der Waals surface area (Å²) in [6.07, 6.45) is 2.47. The van der Waals surface area contributed by atoms with Gasteiger partial charge in [-0.15, -0.1) is 0 Å². The fraction of sp³-hybridized carbons (Fsp3) is 0.688. The van der Waals surface area contributed by atoms with Crippen molar-refractivity contribution in [1.29, 1.82) is 0 Å². The van der Waals surface area contributed by atoms with Gasteiger partial charge in [0.15, 0.2) is 5.82 Å². The number of ether oxygens (including phenoxy) is 1. The zero-order valence-electron chi connectivity index (χ0n) is 14.8. The zero-order valence-corrected chi connectivity index (χ0v) is 14.8. The van der Waals surface area contributed by atoms with Crippen LogP contribution in [0.3, 0.4) is 0 Å². The molecular formula is C16H27N5O3. The van der Waals surface area contributed by atoms with Crippen molar-refractivity contribution in [3.05, 3.63) is 6.20 Å². The Hall–Kier alpha value is -2.09. The molecule has 1 aromatic heterocycles. The van der Waals surface area contributed by atoms with Crippen LogP contribution in [0.1, 0.15) is 40.0 Å². The summed E-state index contributed by atoms with van der Waals surface area (Å²) in [5.74, 6) is 0.766. The topological polar surface area (TPSA) is 114 Å². The quantitative estimate of drug-likeness (QED) is 0.702. The summed E-state index contributed by atoms with van der Waals surface area (Å²) in [4.78, 5) is 22.6. The van der Waals surface area contributed by atoms with Gasteiger partial charge in [-0.2, -0.15) is 4.98 Å². The van der Waals surface area contributed by atoms with E-state index in [9.17, 15) is 9.90 Å². The third-order valence-corrected chi connectivity index (χ3v) is 3.91. The van der Waals surface area contributed by atoms with Crippen LogP contribution in [0.25, 0.3) is 0 Å². The lowest BCUT2D eigenvalue weighted by Gasteiger charge is -2.38. The summed E-state index contributed by atoms with van der Waals surface area (Å²) in [5.41, 5.74) is 4.68. The van der Waals surface area contributed by atoms with E-state index < -0.39 is 11.2 Å². The highest BCUT2D eigenvalue weighted by Crippen LogP contribution is 2.29. The number of nitrogen functional groups attached to an aromatic ring is 1. The number of esters is 1. The first-order chi connectivity index (χ1) is 11.1. The predicted molar refractivity (Wildman–Crippen MR) is 92.8 cm³/mol. The number of hydrogen-bond donors (Lipinski definition) is 3. The van der Waals surface area contributed by atoms with Crippen LogP contribution >= 0.6 is 0 Å². The van der Waals surface area contributed by atoms with Crippen molar-refractivity contribution in [3.63, 3.8) is 0 Å². The van der Waals surface area contributed by atoms with Gasteiger partial charge in [-0.3, -0.25) is 4.79 Å². The van der Waals surface area contributed by atoms with Crippen LogP contribution in [0.2, 0.25) is 0 Å². The van der Waals surface area contributed by atoms with E-state index >= 15 is 0 Å². The molecule has 2 heterocycles. The minimum atomic E-state index is -1.04. The lowest BCUT2D eigenvalue weighted by molar-refractivity contribution is -0.161. The van der Waals surface area contributed by atoms with Crippen LogP contribution in [-0.4, -0.2) is 52.4 Å². The Morgan fingerprint density at radius 1 is 1.46 bits per heavy atom. The second-order valence-corrected chi connectivity index (χ2v) is 7.20. The van der Waals surface area contributed by atoms with Crippen molar-refractivity contribution < 1.29 is 14.6 Å². The van der Waals surface area contributed by atoms with E-state index in [0.29, 0.717) is 43.4 Å². The van der Waals surface area contributed by atoms with E-state index in [1.807, 2.05) is 25.7 Å². The van der Waals surface area contributed by atoms with Crippen LogP contribution in [-0.2, 0) is 9.53 Å². The van der Waals surface area contributed by atoms with Crippen LogP contribution in [0.4, 0.5) is 17.5 Å². The number of rotatable bonds is 4. The van der Waals surface area contributed by atoms with Crippen molar-refractivity contribution in [3.8, 4) is 0 Å². The Morgan fingerprint density at radius 3 is 2.62 bits per heavy atom. The molecule has 134 valence electrons. The number of anilines is 3. The van der Waals surface area contributed by atoms with Gasteiger partial charge in [-0.05, 0) is 33.6 Å². The molecule has 0 aliphatic carbocycles. The van der Waals surface area contributed by atoms with Crippen molar-refractivity contribution in [1.82, 2.24) is 9.97 Å². The van der Waals surface area contributed by atoms with Gasteiger partial charge in [0.1, 0.15) is 5.60 Å². The smallest absolute Gasteiger partial charge is 0.309 e. The molecule has 0 spiro atoms. The second-order valence-electron chi connectivity index (χ2n) is 7.20. The van der Waals surface area contributed by atoms with Crippen molar-refractivity contribution in [2.75, 3.05) is 36.1 Å². The van der Waals surface area contributed by atoms with Crippen LogP contribution in [0.5, 0.6) is 0 Å². The molecule has 8 heteroatoms. The SMILES string of the molecule is CNc1nc(N2CCC(O)(CC(=O)OC(C)(C)C)CC2)ncc1N. The van der Waals surface area contributed by atoms with Gasteiger partial charge in [-0.1, -0.05) is 0 Å². The lowest BCUT2D eigenvalue weighted by atomic mass is 9.88. The van der Waals surface area contributed by atoms with Gasteiger partial charge < -0.3 is 25.8 Å². The fourth-order valence-electron chi connectivity index (χ4n) is 2.68. The van der Waals surface area contributed by atoms with E-state index in [1.54, 1.807) is 13.2 Å². The molecule has 1 aliphatic rings. The minimum absolute atomic E-state index is 0.00245. The molecule has 4 N–H and O–H groups in total. The van der Waals surface area contributed by atoms with Gasteiger partial charge >= 0.3 is 5.97 Å². The Bertz CT molecular complexity index is 592. The maximum absolute atomic E-state index is 12.0. The maximum atomic E-state index is 12.0. The largest absolute Gasteiger partial charge is 0.460 e. The molecule has 0 radical (unpaired) electrons. The Kier molecular flexibility index (Phi) is 5.17. The number of aliphatic hydroxyl groups is 1. The highest BCUT2D eigenvalue weighted by molar-refractivity contribution is 5.71. The van der Waals surface area contributed by atoms with Crippen LogP contribution < -0.4 is 16.0 Å². The molecule has 24 heavy (non-hydrogen) atoms. The van der Waals surface area contributed by atoms with Gasteiger partial charge in [0.2, 0.25) is 5.95 Å². The van der Waals surface area contributed by atoms with E-state index in [-0.39, 0.29) is 12.4 Å². The molecule has 1 fully saturated rings. The molecule has 0 unspecified atom stereocenters. The van der Waals surface area contributed by atoms with E-state index in [1.165, 1.54) is 0 Å². The Balaban J connectivity index is 1.96. The predicted octanol–water partition coefficient (Wildman–Crippen LogP) is 1.16. The number of nitrogens with zero attached hydrogens (tertiary/aromatic N) is 3. The normalized spacial score (nSPS) is 17.5. The summed E-state index contributed by atoms with van der Waals surface area (Å²) >= 11 is 0. The molecule has 0 bridgehead atoms. The lowest BCUT2D eigenvalue weighted by Crippen LogP contribution is -2.46. The molecular weight excluding hydrogens is 310 g/mol. The average Bonchev–Trinajstić information content (AvgIpc) is 2.46. The molecule has 1 saturated heterocycles. The number of aromatic nitrogens is 2. The van der Waals surface area contributed by atoms with Crippen molar-refractivity contribution in [2.24, 2.45) is 0 Å². The molecule has 1 aliphatic heterocycles. The number of nitrogens with one attached hydrogen (secondary N) is 1. The number of piperidine rings is 1. The summed E-state index contributed by atoms with van der Waals surface area (Å²) in [7, 11) is 1.75. The molecule has 2 rings (SSSR count). The molecule has 0 amide bonds. The first kappa shape index (κ1) is 18.3. The van der Waals surface area contributed by atoms with E-state index in [0.717, 1.165) is 0 Å². The van der Waals surface area contributed by atoms with E-state index in [4.69, 9.17) is 10.5 Å². The highest BCUT2D eigenvalue weighted by Gasteiger charge is 2.36. The summed E-state index contributed by atoms with van der Waals surface area (Å²) in [5, 5.41) is 13.6. The number of carbonyl (C=O) groups excluding carboxylic acids is 1. The Morgan fingerprint density at radius 2 is 2.08 bits per heavy atom. The molecule has 0 atom stereocenters. The van der Waals surface area contributed by atoms with Crippen molar-refractivity contribution >= 4 is 23.4 Å². The summed E-state index contributed by atoms with van der Waals surface area (Å²) < 4.78 is 5.30. The maximum Gasteiger partial charge on any atom is 0.309 e. The monoisotopic (exact) mass is 337 g/mol. The van der Waals surface area contributed by atoms with Crippen LogP contribution in [0.15, 0.2) is 6.20 Å². The number of carbonyl (C=O) groups is 1. The zero-order chi connectivity index (χ0) is 18.0. The molecule has 1 aromatic rings. The first-order valence-electron chi connectivity index (χ1n) is 8.11. The highest BCUT2D eigenvalue weighted by atomic mass is 16.6. The van der Waals surface area contributed by atoms with Gasteiger partial charge in [-0.25, -0.2) is 4.98 Å². The number of nitrogens with two attached hydrogens (primary N) is 1. The Labute approximate surface area is 142 Å². The van der Waals surface area contributed by atoms with Crippen LogP contribution in [0, 0.1) is 0 Å². The standard InChI is InChI=1S/C16H27N5O3/c1-15(2,3)24-12(22)9-16(23)5-7-21(8-6-16)14-19-10-11(17)13(18-4)20-14/h10,23H,5-9,17H2,1-4H3,(H,18,19,20). The summed E-state index contributed by atoms with van der Waals surface area (Å²) in [6, 6.07) is 0. The third kappa shape index (κ3) is 4.70. The van der Waals surface area contributed by atoms with Gasteiger partial charge in [0.25, 0.3) is 0 Å². The second kappa shape index (κ2) is 6.80. The molecule has 0 saturated carbocycles. The average molecular weight is 337 g/mol. The van der Waals surface area contributed by atoms with Crippen molar-refractivity contribution in [2.45, 2.75) is 51.2 Å². The van der Waals surface area contributed by atoms with Gasteiger partial charge in [0, 0.05) is 20.1 Å². The first-order valence-corrected chi connectivity index (χ1v) is 8.11. The molecule has 0 aromatic carbocycles. The van der Waals surface area contributed by atoms with Gasteiger partial charge in [0.05, 0.1) is 23.9 Å². The number of hydrogen-bond acceptors (Lipinski definition) is 8. The molecule has 8 nitrogen and oxygen atoms in total. The minimum Gasteiger partial charge on any atom is -0.460 e. The fourth-order valence-corrected chi connectivity index (χ4v) is 2.68. The van der Waals surface area contributed by atoms with E-state index in [2.05, 4.69) is 15.3 Å². The third-order valence-electron chi connectivity index (χ3n) is 3.91. The summed E-state index contributed by atoms with van der Waals surface area (Å²) in [6.45, 7) is 6.57.